The van der Waals surface area contributed by atoms with E-state index in [9.17, 15) is 31.9 Å². The second-order valence-electron chi connectivity index (χ2n) is 15.2. The molecule has 0 spiro atoms. The van der Waals surface area contributed by atoms with E-state index in [1.165, 1.54) is 28.0 Å². The van der Waals surface area contributed by atoms with Crippen LogP contribution in [0.5, 0.6) is 17.5 Å². The monoisotopic (exact) mass is 855 g/mol. The molecule has 0 aliphatic carbocycles. The van der Waals surface area contributed by atoms with Crippen molar-refractivity contribution in [2.24, 2.45) is 0 Å². The van der Waals surface area contributed by atoms with E-state index in [1.807, 2.05) is 29.2 Å². The van der Waals surface area contributed by atoms with Gasteiger partial charge < -0.3 is 34.0 Å². The number of carbonyl (C=O) groups is 1. The van der Waals surface area contributed by atoms with E-state index in [0.29, 0.717) is 22.7 Å². The average Bonchev–Trinajstić information content (AvgIpc) is 3.44. The van der Waals surface area contributed by atoms with Crippen molar-refractivity contribution in [3.63, 3.8) is 0 Å². The van der Waals surface area contributed by atoms with Gasteiger partial charge in [0, 0.05) is 56.6 Å². The molecule has 3 aromatic carbocycles. The van der Waals surface area contributed by atoms with Crippen LogP contribution in [0.1, 0.15) is 30.0 Å². The van der Waals surface area contributed by atoms with Gasteiger partial charge in [-0.3, -0.25) is 4.90 Å². The molecule has 2 fully saturated rings. The van der Waals surface area contributed by atoms with Gasteiger partial charge in [0.15, 0.2) is 0 Å². The van der Waals surface area contributed by atoms with Crippen molar-refractivity contribution in [2.75, 3.05) is 70.4 Å². The Labute approximate surface area is 348 Å². The molecular weight excluding hydrogens is 813 g/mol. The standard InChI is InChI=1S/C42H43ClF5N7O5/c1-40(23-41(44,45)24-52(40)2)25-60-38-49-34-20-30(33(43)19-31(34)37(51-38)53-15-17-54(18-16-53)39(56)57)36-32(42(46,47)48)13-14-35(50-36)55(21-26-5-9-28(58-3)10-6-26)22-27-7-11-29(59-4)12-8-27/h5-14,19-20H,15-18,21-25H2,1-4H3,(H,56,57). The predicted molar refractivity (Wildman–Crippen MR) is 217 cm³/mol. The normalized spacial score (nSPS) is 18.2. The fourth-order valence-corrected chi connectivity index (χ4v) is 7.81. The number of hydrogen-bond acceptors (Lipinski definition) is 10. The van der Waals surface area contributed by atoms with E-state index in [0.717, 1.165) is 17.2 Å². The largest absolute Gasteiger partial charge is 0.497 e. The Morgan fingerprint density at radius 1 is 0.883 bits per heavy atom. The quantitative estimate of drug-likeness (QED) is 0.122. The van der Waals surface area contributed by atoms with Crippen molar-refractivity contribution in [2.45, 2.75) is 44.1 Å². The number of likely N-dealkylation sites (tertiary alicyclic amines) is 1. The summed E-state index contributed by atoms with van der Waals surface area (Å²) in [5, 5.41) is 9.84. The smallest absolute Gasteiger partial charge is 0.418 e. The third-order valence-electron chi connectivity index (χ3n) is 11.0. The van der Waals surface area contributed by atoms with E-state index < -0.39 is 48.0 Å². The zero-order valence-corrected chi connectivity index (χ0v) is 34.0. The third kappa shape index (κ3) is 9.21. The number of fused-ring (bicyclic) bond motifs is 1. The first-order valence-electron chi connectivity index (χ1n) is 19.0. The van der Waals surface area contributed by atoms with Crippen LogP contribution in [0.4, 0.5) is 38.4 Å². The van der Waals surface area contributed by atoms with Gasteiger partial charge in [-0.25, -0.2) is 18.6 Å². The molecule has 1 amide bonds. The topological polar surface area (TPSA) is 117 Å². The number of carboxylic acid groups (broad SMARTS) is 1. The summed E-state index contributed by atoms with van der Waals surface area (Å²) in [4.78, 5) is 32.0. The predicted octanol–water partition coefficient (Wildman–Crippen LogP) is 8.50. The number of rotatable bonds is 12. The fraction of sp³-hybridized carbons (Fsp3) is 0.381. The Balaban J connectivity index is 1.33. The Morgan fingerprint density at radius 3 is 2.00 bits per heavy atom. The summed E-state index contributed by atoms with van der Waals surface area (Å²) in [6.07, 6.45) is -6.38. The number of benzene rings is 3. The van der Waals surface area contributed by atoms with E-state index in [2.05, 4.69) is 15.0 Å². The Kier molecular flexibility index (Phi) is 11.9. The highest BCUT2D eigenvalue weighted by atomic mass is 35.5. The number of piperazine rings is 1. The first-order chi connectivity index (χ1) is 28.4. The SMILES string of the molecule is COc1ccc(CN(Cc2ccc(OC)cc2)c2ccc(C(F)(F)F)c(-c3cc4nc(OCC5(C)CC(F)(F)CN5C)nc(N5CCN(C(=O)O)CC5)c4cc3Cl)n2)cc1. The molecule has 7 rings (SSSR count). The van der Waals surface area contributed by atoms with Gasteiger partial charge in [0.1, 0.15) is 29.7 Å². The summed E-state index contributed by atoms with van der Waals surface area (Å²) in [6.45, 7) is 2.26. The molecule has 60 heavy (non-hydrogen) atoms. The molecule has 2 saturated heterocycles. The van der Waals surface area contributed by atoms with Crippen LogP contribution in [-0.4, -0.2) is 108 Å². The Morgan fingerprint density at radius 2 is 1.48 bits per heavy atom. The molecular formula is C42H43ClF5N7O5. The summed E-state index contributed by atoms with van der Waals surface area (Å²) >= 11 is 6.92. The van der Waals surface area contributed by atoms with Gasteiger partial charge in [-0.1, -0.05) is 35.9 Å². The maximum absolute atomic E-state index is 14.9. The van der Waals surface area contributed by atoms with Crippen LogP contribution in [0.2, 0.25) is 5.02 Å². The highest BCUT2D eigenvalue weighted by Gasteiger charge is 2.51. The van der Waals surface area contributed by atoms with Crippen LogP contribution in [0.25, 0.3) is 22.2 Å². The third-order valence-corrected chi connectivity index (χ3v) is 11.3. The number of anilines is 2. The van der Waals surface area contributed by atoms with Crippen molar-refractivity contribution >= 4 is 40.2 Å². The number of pyridine rings is 1. The number of hydrogen-bond donors (Lipinski definition) is 1. The molecule has 18 heteroatoms. The maximum Gasteiger partial charge on any atom is 0.418 e. The fourth-order valence-electron chi connectivity index (χ4n) is 7.56. The van der Waals surface area contributed by atoms with Gasteiger partial charge in [0.05, 0.1) is 48.1 Å². The van der Waals surface area contributed by atoms with Crippen molar-refractivity contribution in [1.82, 2.24) is 24.8 Å². The lowest BCUT2D eigenvalue weighted by atomic mass is 9.99. The van der Waals surface area contributed by atoms with Crippen LogP contribution in [0, 0.1) is 0 Å². The second kappa shape index (κ2) is 16.8. The first kappa shape index (κ1) is 42.4. The van der Waals surface area contributed by atoms with Gasteiger partial charge in [-0.15, -0.1) is 0 Å². The minimum atomic E-state index is -4.84. The van der Waals surface area contributed by atoms with E-state index >= 15 is 0 Å². The maximum atomic E-state index is 14.9. The van der Waals surface area contributed by atoms with Gasteiger partial charge in [0.2, 0.25) is 0 Å². The Bertz CT molecular complexity index is 2300. The zero-order valence-electron chi connectivity index (χ0n) is 33.3. The van der Waals surface area contributed by atoms with Crippen molar-refractivity contribution < 1.29 is 46.1 Å². The number of methoxy groups -OCH3 is 2. The molecule has 4 heterocycles. The lowest BCUT2D eigenvalue weighted by molar-refractivity contribution is -0.137. The van der Waals surface area contributed by atoms with Crippen LogP contribution < -0.4 is 24.0 Å². The lowest BCUT2D eigenvalue weighted by Crippen LogP contribution is -2.48. The lowest BCUT2D eigenvalue weighted by Gasteiger charge is -2.34. The number of alkyl halides is 5. The molecule has 1 unspecified atom stereocenters. The molecule has 5 aromatic rings. The molecule has 0 bridgehead atoms. The van der Waals surface area contributed by atoms with Crippen LogP contribution >= 0.6 is 11.6 Å². The molecule has 2 aliphatic rings. The van der Waals surface area contributed by atoms with Crippen LogP contribution in [0.3, 0.4) is 0 Å². The van der Waals surface area contributed by atoms with Gasteiger partial charge >= 0.3 is 18.3 Å². The molecule has 318 valence electrons. The van der Waals surface area contributed by atoms with Crippen LogP contribution in [-0.2, 0) is 19.3 Å². The summed E-state index contributed by atoms with van der Waals surface area (Å²) in [5.74, 6) is -1.12. The minimum absolute atomic E-state index is 0.0689. The van der Waals surface area contributed by atoms with Gasteiger partial charge in [-0.2, -0.15) is 23.1 Å². The number of ether oxygens (including phenoxy) is 3. The summed E-state index contributed by atoms with van der Waals surface area (Å²) in [7, 11) is 4.68. The minimum Gasteiger partial charge on any atom is -0.497 e. The van der Waals surface area contributed by atoms with Gasteiger partial charge in [-0.05, 0) is 73.6 Å². The number of nitrogens with zero attached hydrogens (tertiary/aromatic N) is 7. The van der Waals surface area contributed by atoms with Crippen molar-refractivity contribution in [3.05, 3.63) is 94.5 Å². The molecule has 1 N–H and O–H groups in total. The van der Waals surface area contributed by atoms with E-state index in [1.54, 1.807) is 57.4 Å². The summed E-state index contributed by atoms with van der Waals surface area (Å²) in [5.41, 5.74) is -0.774. The van der Waals surface area contributed by atoms with Crippen molar-refractivity contribution in [1.29, 1.82) is 0 Å². The van der Waals surface area contributed by atoms with E-state index in [4.69, 9.17) is 25.8 Å². The number of likely N-dealkylation sites (N-methyl/N-ethyl adjacent to an activating group) is 1. The molecule has 2 aliphatic heterocycles. The number of amides is 1. The van der Waals surface area contributed by atoms with Crippen molar-refractivity contribution in [3.8, 4) is 28.8 Å². The average molecular weight is 856 g/mol. The second-order valence-corrected chi connectivity index (χ2v) is 15.6. The molecule has 2 aromatic heterocycles. The summed E-state index contributed by atoms with van der Waals surface area (Å²) < 4.78 is 90.2. The van der Waals surface area contributed by atoms with Crippen LogP contribution in [0.15, 0.2) is 72.8 Å². The van der Waals surface area contributed by atoms with E-state index in [-0.39, 0.29) is 73.8 Å². The number of halogens is 6. The molecule has 0 radical (unpaired) electrons. The van der Waals surface area contributed by atoms with Gasteiger partial charge in [0.25, 0.3) is 5.92 Å². The highest BCUT2D eigenvalue weighted by Crippen LogP contribution is 2.43. The Hall–Kier alpha value is -5.68. The molecule has 12 nitrogen and oxygen atoms in total. The summed E-state index contributed by atoms with van der Waals surface area (Å²) in [6, 6.07) is 19.6. The molecule has 0 saturated carbocycles. The first-order valence-corrected chi connectivity index (χ1v) is 19.4. The molecule has 1 atom stereocenters. The zero-order chi connectivity index (χ0) is 43.0. The number of aromatic nitrogens is 3. The highest BCUT2D eigenvalue weighted by molar-refractivity contribution is 6.34.